The number of piperidine rings is 1. The number of nitrogens with one attached hydrogen (secondary N) is 1. The molecule has 118 valence electrons. The smallest absolute Gasteiger partial charge is 0.406 e. The Morgan fingerprint density at radius 1 is 1.29 bits per heavy atom. The molecule has 0 aromatic heterocycles. The predicted octanol–water partition coefficient (Wildman–Crippen LogP) is 2.88. The third kappa shape index (κ3) is 4.89. The van der Waals surface area contributed by atoms with Crippen LogP contribution in [-0.2, 0) is 6.42 Å². The molecule has 2 rings (SSSR count). The van der Waals surface area contributed by atoms with Crippen LogP contribution in [0, 0.1) is 5.92 Å². The molecule has 1 aliphatic rings. The summed E-state index contributed by atoms with van der Waals surface area (Å²) in [4.78, 5) is 0. The Morgan fingerprint density at radius 3 is 2.48 bits per heavy atom. The molecule has 2 unspecified atom stereocenters. The fraction of sp³-hybridized carbons (Fsp3) is 0.600. The highest BCUT2D eigenvalue weighted by atomic mass is 19.4. The van der Waals surface area contributed by atoms with Gasteiger partial charge >= 0.3 is 6.36 Å². The van der Waals surface area contributed by atoms with Crippen molar-refractivity contribution in [3.8, 4) is 5.75 Å². The van der Waals surface area contributed by atoms with Gasteiger partial charge in [-0.25, -0.2) is 0 Å². The van der Waals surface area contributed by atoms with Crippen LogP contribution in [0.2, 0.25) is 0 Å². The van der Waals surface area contributed by atoms with Gasteiger partial charge in [0.25, 0.3) is 0 Å². The second-order valence-corrected chi connectivity index (χ2v) is 5.77. The molecule has 0 amide bonds. The number of ether oxygens (including phenoxy) is 1. The van der Waals surface area contributed by atoms with Crippen molar-refractivity contribution in [2.45, 2.75) is 38.1 Å². The van der Waals surface area contributed by atoms with Crippen LogP contribution in [0.4, 0.5) is 13.2 Å². The Kier molecular flexibility index (Phi) is 4.78. The van der Waals surface area contributed by atoms with E-state index in [4.69, 9.17) is 0 Å². The van der Waals surface area contributed by atoms with Crippen molar-refractivity contribution >= 4 is 0 Å². The predicted molar refractivity (Wildman–Crippen MR) is 73.0 cm³/mol. The number of aliphatic hydroxyl groups is 1. The maximum Gasteiger partial charge on any atom is 0.573 e. The highest BCUT2D eigenvalue weighted by Gasteiger charge is 2.33. The quantitative estimate of drug-likeness (QED) is 0.898. The molecule has 1 aliphatic heterocycles. The van der Waals surface area contributed by atoms with E-state index < -0.39 is 12.0 Å². The summed E-state index contributed by atoms with van der Waals surface area (Å²) < 4.78 is 40.1. The minimum absolute atomic E-state index is 0.150. The van der Waals surface area contributed by atoms with E-state index >= 15 is 0 Å². The lowest BCUT2D eigenvalue weighted by Crippen LogP contribution is -2.45. The van der Waals surface area contributed by atoms with Crippen molar-refractivity contribution in [3.05, 3.63) is 29.8 Å². The van der Waals surface area contributed by atoms with Crippen LogP contribution >= 0.6 is 0 Å². The van der Waals surface area contributed by atoms with E-state index in [9.17, 15) is 18.3 Å². The highest BCUT2D eigenvalue weighted by Crippen LogP contribution is 2.29. The van der Waals surface area contributed by atoms with Gasteiger partial charge in [0.05, 0.1) is 5.60 Å². The molecule has 1 fully saturated rings. The summed E-state index contributed by atoms with van der Waals surface area (Å²) in [7, 11) is 0. The molecule has 0 bridgehead atoms. The largest absolute Gasteiger partial charge is 0.573 e. The number of alkyl halides is 3. The molecule has 2 atom stereocenters. The van der Waals surface area contributed by atoms with Crippen LogP contribution in [0.25, 0.3) is 0 Å². The number of hydrogen-bond donors (Lipinski definition) is 2. The highest BCUT2D eigenvalue weighted by molar-refractivity contribution is 5.28. The lowest BCUT2D eigenvalue weighted by Gasteiger charge is -2.36. The Morgan fingerprint density at radius 2 is 1.95 bits per heavy atom. The van der Waals surface area contributed by atoms with Crippen LogP contribution in [0.3, 0.4) is 0 Å². The molecule has 1 heterocycles. The van der Waals surface area contributed by atoms with E-state index in [1.807, 2.05) is 0 Å². The molecule has 1 aromatic rings. The molecule has 1 aromatic carbocycles. The number of halogens is 3. The average Bonchev–Trinajstić information content (AvgIpc) is 2.40. The molecule has 21 heavy (non-hydrogen) atoms. The SMILES string of the molecule is CC(O)(Cc1ccc(OC(F)(F)F)cc1)C1CCCNC1. The first-order valence-corrected chi connectivity index (χ1v) is 7.04. The van der Waals surface area contributed by atoms with E-state index in [0.29, 0.717) is 6.42 Å². The summed E-state index contributed by atoms with van der Waals surface area (Å²) in [5.41, 5.74) is -0.0834. The van der Waals surface area contributed by atoms with Crippen molar-refractivity contribution in [1.82, 2.24) is 5.32 Å². The van der Waals surface area contributed by atoms with Gasteiger partial charge in [-0.3, -0.25) is 0 Å². The maximum absolute atomic E-state index is 12.1. The van der Waals surface area contributed by atoms with Gasteiger partial charge in [-0.2, -0.15) is 0 Å². The zero-order valence-corrected chi connectivity index (χ0v) is 11.9. The summed E-state index contributed by atoms with van der Waals surface area (Å²) in [6.45, 7) is 3.52. The molecule has 3 nitrogen and oxygen atoms in total. The zero-order valence-electron chi connectivity index (χ0n) is 11.9. The molecule has 0 spiro atoms. The molecular weight excluding hydrogens is 283 g/mol. The summed E-state index contributed by atoms with van der Waals surface area (Å²) >= 11 is 0. The first-order chi connectivity index (χ1) is 9.76. The van der Waals surface area contributed by atoms with E-state index in [2.05, 4.69) is 10.1 Å². The van der Waals surface area contributed by atoms with Gasteiger partial charge in [-0.05, 0) is 44.0 Å². The van der Waals surface area contributed by atoms with Crippen LogP contribution in [0.15, 0.2) is 24.3 Å². The summed E-state index contributed by atoms with van der Waals surface area (Å²) in [5.74, 6) is -0.0948. The topological polar surface area (TPSA) is 41.5 Å². The molecule has 6 heteroatoms. The van der Waals surface area contributed by atoms with Gasteiger partial charge in [0.2, 0.25) is 0 Å². The van der Waals surface area contributed by atoms with Gasteiger partial charge in [0, 0.05) is 18.9 Å². The Bertz CT molecular complexity index is 451. The van der Waals surface area contributed by atoms with Crippen LogP contribution in [-0.4, -0.2) is 30.2 Å². The third-order valence-corrected chi connectivity index (χ3v) is 3.90. The normalized spacial score (nSPS) is 22.6. The molecule has 0 aliphatic carbocycles. The molecular formula is C15H20F3NO2. The van der Waals surface area contributed by atoms with Crippen molar-refractivity contribution in [1.29, 1.82) is 0 Å². The first-order valence-electron chi connectivity index (χ1n) is 7.04. The second-order valence-electron chi connectivity index (χ2n) is 5.77. The van der Waals surface area contributed by atoms with E-state index in [1.54, 1.807) is 19.1 Å². The lowest BCUT2D eigenvalue weighted by molar-refractivity contribution is -0.274. The lowest BCUT2D eigenvalue weighted by atomic mass is 9.79. The Hall–Kier alpha value is -1.27. The standard InChI is InChI=1S/C15H20F3NO2/c1-14(20,12-3-2-8-19-10-12)9-11-4-6-13(7-5-11)21-15(16,17)18/h4-7,12,19-20H,2-3,8-10H2,1H3. The molecule has 1 saturated heterocycles. The second kappa shape index (κ2) is 6.23. The van der Waals surface area contributed by atoms with Gasteiger partial charge in [0.15, 0.2) is 0 Å². The minimum atomic E-state index is -4.68. The Balaban J connectivity index is 1.98. The van der Waals surface area contributed by atoms with Crippen LogP contribution in [0.5, 0.6) is 5.75 Å². The maximum atomic E-state index is 12.1. The van der Waals surface area contributed by atoms with Crippen LogP contribution in [0.1, 0.15) is 25.3 Å². The third-order valence-electron chi connectivity index (χ3n) is 3.90. The summed E-state index contributed by atoms with van der Waals surface area (Å²) in [6, 6.07) is 5.67. The van der Waals surface area contributed by atoms with E-state index in [1.165, 1.54) is 12.1 Å². The summed E-state index contributed by atoms with van der Waals surface area (Å²) in [5, 5.41) is 13.9. The van der Waals surface area contributed by atoms with Gasteiger partial charge in [-0.15, -0.1) is 13.2 Å². The fourth-order valence-corrected chi connectivity index (χ4v) is 2.75. The van der Waals surface area contributed by atoms with Crippen molar-refractivity contribution in [3.63, 3.8) is 0 Å². The summed E-state index contributed by atoms with van der Waals surface area (Å²) in [6.07, 6.45) is -2.29. The van der Waals surface area contributed by atoms with Crippen molar-refractivity contribution in [2.24, 2.45) is 5.92 Å². The van der Waals surface area contributed by atoms with E-state index in [-0.39, 0.29) is 11.7 Å². The Labute approximate surface area is 122 Å². The van der Waals surface area contributed by atoms with Gasteiger partial charge in [-0.1, -0.05) is 12.1 Å². The fourth-order valence-electron chi connectivity index (χ4n) is 2.75. The zero-order chi connectivity index (χ0) is 15.5. The van der Waals surface area contributed by atoms with Gasteiger partial charge in [0.1, 0.15) is 5.75 Å². The number of benzene rings is 1. The number of rotatable bonds is 4. The van der Waals surface area contributed by atoms with Crippen molar-refractivity contribution < 1.29 is 23.0 Å². The number of hydrogen-bond acceptors (Lipinski definition) is 3. The van der Waals surface area contributed by atoms with E-state index in [0.717, 1.165) is 31.5 Å². The molecule has 0 radical (unpaired) electrons. The van der Waals surface area contributed by atoms with Gasteiger partial charge < -0.3 is 15.2 Å². The molecule has 2 N–H and O–H groups in total. The first kappa shape index (κ1) is 16.1. The average molecular weight is 303 g/mol. The minimum Gasteiger partial charge on any atom is -0.406 e. The van der Waals surface area contributed by atoms with Crippen molar-refractivity contribution in [2.75, 3.05) is 13.1 Å². The monoisotopic (exact) mass is 303 g/mol. The molecule has 0 saturated carbocycles. The van der Waals surface area contributed by atoms with Crippen LogP contribution < -0.4 is 10.1 Å².